The molecule has 1 aromatic heterocycles. The fourth-order valence-electron chi connectivity index (χ4n) is 2.14. The van der Waals surface area contributed by atoms with Gasteiger partial charge in [-0.1, -0.05) is 36.4 Å². The van der Waals surface area contributed by atoms with Gasteiger partial charge in [-0.25, -0.2) is 13.1 Å². The zero-order valence-electron chi connectivity index (χ0n) is 13.3. The van der Waals surface area contributed by atoms with Crippen LogP contribution in [0.1, 0.15) is 5.82 Å². The van der Waals surface area contributed by atoms with Crippen molar-refractivity contribution in [2.75, 3.05) is 5.73 Å². The Balaban J connectivity index is 1.83. The number of rotatable bonds is 6. The molecule has 26 heavy (non-hydrogen) atoms. The van der Waals surface area contributed by atoms with Gasteiger partial charge in [-0.2, -0.15) is 13.4 Å². The Hall–Kier alpha value is -2.76. The van der Waals surface area contributed by atoms with Crippen molar-refractivity contribution >= 4 is 26.0 Å². The van der Waals surface area contributed by atoms with Crippen molar-refractivity contribution in [1.29, 1.82) is 0 Å². The van der Waals surface area contributed by atoms with Crippen LogP contribution in [-0.4, -0.2) is 31.0 Å². The van der Waals surface area contributed by atoms with E-state index in [1.165, 1.54) is 24.3 Å². The summed E-state index contributed by atoms with van der Waals surface area (Å²) in [7, 11) is -7.79. The lowest BCUT2D eigenvalue weighted by molar-refractivity contribution is 0.577. The van der Waals surface area contributed by atoms with Crippen LogP contribution in [0.2, 0.25) is 0 Å². The molecule has 0 spiro atoms. The minimum atomic E-state index is -4.01. The number of anilines is 1. The van der Waals surface area contributed by atoms with Crippen molar-refractivity contribution in [3.63, 3.8) is 0 Å². The number of nitrogens with zero attached hydrogens (tertiary/aromatic N) is 3. The second-order valence-electron chi connectivity index (χ2n) is 5.18. The van der Waals surface area contributed by atoms with Crippen molar-refractivity contribution in [1.82, 2.24) is 18.9 Å². The molecule has 0 saturated heterocycles. The zero-order valence-corrected chi connectivity index (χ0v) is 15.0. The smallest absolute Gasteiger partial charge is 0.286 e. The maximum atomic E-state index is 12.5. The Labute approximate surface area is 150 Å². The quantitative estimate of drug-likeness (QED) is 0.625. The second kappa shape index (κ2) is 6.86. The minimum Gasteiger partial charge on any atom is -0.367 e. The van der Waals surface area contributed by atoms with Gasteiger partial charge in [0.15, 0.2) is 5.82 Å². The van der Waals surface area contributed by atoms with E-state index in [0.29, 0.717) is 4.09 Å². The summed E-state index contributed by atoms with van der Waals surface area (Å²) in [6, 6.07) is 15.3. The first-order valence-corrected chi connectivity index (χ1v) is 10.3. The number of nitrogens with one attached hydrogen (secondary N) is 1. The third-order valence-corrected chi connectivity index (χ3v) is 6.40. The molecule has 0 aliphatic heterocycles. The van der Waals surface area contributed by atoms with Gasteiger partial charge in [0.2, 0.25) is 16.0 Å². The highest BCUT2D eigenvalue weighted by Gasteiger charge is 2.23. The third kappa shape index (κ3) is 3.59. The number of nitrogen functional groups attached to an aromatic ring is 1. The second-order valence-corrected chi connectivity index (χ2v) is 8.72. The molecule has 0 fully saturated rings. The topological polar surface area (TPSA) is 137 Å². The lowest BCUT2D eigenvalue weighted by Crippen LogP contribution is -2.24. The van der Waals surface area contributed by atoms with Gasteiger partial charge in [0.05, 0.1) is 16.3 Å². The summed E-state index contributed by atoms with van der Waals surface area (Å²) in [4.78, 5) is 3.89. The molecular formula is C15H15N5O4S2. The highest BCUT2D eigenvalue weighted by molar-refractivity contribution is 7.90. The molecule has 0 unspecified atom stereocenters. The summed E-state index contributed by atoms with van der Waals surface area (Å²) in [5, 5.41) is 3.82. The Morgan fingerprint density at radius 2 is 1.42 bits per heavy atom. The number of hydrogen-bond acceptors (Lipinski definition) is 7. The standard InChI is InChI=1S/C15H15N5O4S2/c16-15-18-14(11-17-25(21,22)12-7-3-1-4-8-12)19-20(15)26(23,24)13-9-5-2-6-10-13/h1-10,17H,11H2,(H2,16,18,19). The molecule has 0 bridgehead atoms. The molecule has 0 amide bonds. The first-order valence-electron chi connectivity index (χ1n) is 7.37. The van der Waals surface area contributed by atoms with Gasteiger partial charge < -0.3 is 5.73 Å². The molecule has 3 N–H and O–H groups in total. The molecule has 3 rings (SSSR count). The summed E-state index contributed by atoms with van der Waals surface area (Å²) in [6.07, 6.45) is 0. The van der Waals surface area contributed by atoms with Crippen LogP contribution in [0.15, 0.2) is 70.5 Å². The Bertz CT molecular complexity index is 1110. The Kier molecular flexibility index (Phi) is 4.76. The summed E-state index contributed by atoms with van der Waals surface area (Å²) < 4.78 is 52.3. The molecule has 0 aliphatic rings. The lowest BCUT2D eigenvalue weighted by Gasteiger charge is -2.05. The van der Waals surface area contributed by atoms with E-state index in [1.54, 1.807) is 36.4 Å². The molecule has 1 heterocycles. The molecule has 136 valence electrons. The van der Waals surface area contributed by atoms with E-state index in [4.69, 9.17) is 5.73 Å². The van der Waals surface area contributed by atoms with E-state index < -0.39 is 20.0 Å². The largest absolute Gasteiger partial charge is 0.367 e. The van der Waals surface area contributed by atoms with Crippen molar-refractivity contribution in [3.8, 4) is 0 Å². The van der Waals surface area contributed by atoms with Crippen LogP contribution in [0.5, 0.6) is 0 Å². The van der Waals surface area contributed by atoms with Crippen LogP contribution in [0, 0.1) is 0 Å². The van der Waals surface area contributed by atoms with E-state index in [0.717, 1.165) is 0 Å². The summed E-state index contributed by atoms with van der Waals surface area (Å²) >= 11 is 0. The van der Waals surface area contributed by atoms with Gasteiger partial charge in [0.25, 0.3) is 10.0 Å². The third-order valence-electron chi connectivity index (χ3n) is 3.39. The van der Waals surface area contributed by atoms with Crippen LogP contribution in [0.25, 0.3) is 0 Å². The fourth-order valence-corrected chi connectivity index (χ4v) is 4.33. The van der Waals surface area contributed by atoms with Crippen molar-refractivity contribution in [3.05, 3.63) is 66.5 Å². The predicted molar refractivity (Wildman–Crippen MR) is 93.9 cm³/mol. The maximum Gasteiger partial charge on any atom is 0.286 e. The molecule has 11 heteroatoms. The van der Waals surface area contributed by atoms with Crippen LogP contribution < -0.4 is 10.5 Å². The molecule has 0 radical (unpaired) electrons. The molecule has 3 aromatic rings. The van der Waals surface area contributed by atoms with Crippen molar-refractivity contribution < 1.29 is 16.8 Å². The van der Waals surface area contributed by atoms with Gasteiger partial charge in [0.1, 0.15) is 0 Å². The number of aromatic nitrogens is 3. The van der Waals surface area contributed by atoms with Crippen LogP contribution >= 0.6 is 0 Å². The van der Waals surface area contributed by atoms with Crippen LogP contribution in [0.4, 0.5) is 5.95 Å². The molecule has 0 saturated carbocycles. The Morgan fingerprint density at radius 1 is 0.885 bits per heavy atom. The maximum absolute atomic E-state index is 12.5. The molecular weight excluding hydrogens is 378 g/mol. The minimum absolute atomic E-state index is 0.00647. The predicted octanol–water partition coefficient (Wildman–Crippen LogP) is 0.576. The normalized spacial score (nSPS) is 12.2. The van der Waals surface area contributed by atoms with E-state index in [9.17, 15) is 16.8 Å². The number of hydrogen-bond donors (Lipinski definition) is 2. The van der Waals surface area contributed by atoms with Crippen molar-refractivity contribution in [2.24, 2.45) is 0 Å². The number of benzene rings is 2. The van der Waals surface area contributed by atoms with E-state index in [2.05, 4.69) is 14.8 Å². The van der Waals surface area contributed by atoms with Gasteiger partial charge in [-0.05, 0) is 24.3 Å². The Morgan fingerprint density at radius 3 is 2.00 bits per heavy atom. The monoisotopic (exact) mass is 393 g/mol. The van der Waals surface area contributed by atoms with Gasteiger partial charge >= 0.3 is 0 Å². The van der Waals surface area contributed by atoms with Gasteiger partial charge in [-0.3, -0.25) is 0 Å². The average molecular weight is 393 g/mol. The first kappa shape index (κ1) is 18.0. The number of nitrogens with two attached hydrogens (primary N) is 1. The van der Waals surface area contributed by atoms with E-state index >= 15 is 0 Å². The fraction of sp³-hybridized carbons (Fsp3) is 0.0667. The summed E-state index contributed by atoms with van der Waals surface area (Å²) in [5.74, 6) is -0.427. The van der Waals surface area contributed by atoms with E-state index in [-0.39, 0.29) is 28.1 Å². The SMILES string of the molecule is Nc1nc(CNS(=O)(=O)c2ccccc2)nn1S(=O)(=O)c1ccccc1. The van der Waals surface area contributed by atoms with Crippen LogP contribution in [0.3, 0.4) is 0 Å². The van der Waals surface area contributed by atoms with Crippen molar-refractivity contribution in [2.45, 2.75) is 16.3 Å². The molecule has 0 atom stereocenters. The summed E-state index contributed by atoms with van der Waals surface area (Å²) in [5.41, 5.74) is 5.65. The van der Waals surface area contributed by atoms with E-state index in [1.807, 2.05) is 0 Å². The molecule has 9 nitrogen and oxygen atoms in total. The average Bonchev–Trinajstić information content (AvgIpc) is 3.03. The highest BCUT2D eigenvalue weighted by atomic mass is 32.2. The lowest BCUT2D eigenvalue weighted by atomic mass is 10.4. The molecule has 0 aliphatic carbocycles. The zero-order chi connectivity index (χ0) is 18.8. The summed E-state index contributed by atoms with van der Waals surface area (Å²) in [6.45, 7) is -0.307. The molecule has 2 aromatic carbocycles. The first-order chi connectivity index (χ1) is 12.3. The van der Waals surface area contributed by atoms with Gasteiger partial charge in [0, 0.05) is 0 Å². The van der Waals surface area contributed by atoms with Crippen LogP contribution in [-0.2, 0) is 26.6 Å². The van der Waals surface area contributed by atoms with Gasteiger partial charge in [-0.15, -0.1) is 9.19 Å². The highest BCUT2D eigenvalue weighted by Crippen LogP contribution is 2.15. The number of sulfonamides is 1.